The van der Waals surface area contributed by atoms with Crippen LogP contribution in [0.3, 0.4) is 0 Å². The van der Waals surface area contributed by atoms with Crippen LogP contribution in [0.25, 0.3) is 0 Å². The lowest BCUT2D eigenvalue weighted by Gasteiger charge is -2.45. The number of fused-ring (bicyclic) bond motifs is 8. The molecular weight excluding hydrogens is 1190 g/mol. The van der Waals surface area contributed by atoms with E-state index in [0.717, 1.165) is 120 Å². The van der Waals surface area contributed by atoms with E-state index in [1.54, 1.807) is 0 Å². The van der Waals surface area contributed by atoms with Gasteiger partial charge in [0, 0.05) is 235 Å². The van der Waals surface area contributed by atoms with E-state index in [0.29, 0.717) is 66.6 Å². The van der Waals surface area contributed by atoms with Gasteiger partial charge in [0.05, 0.1) is 51.4 Å². The molecule has 14 aliphatic heterocycles. The molecule has 550 valence electrons. The van der Waals surface area contributed by atoms with Crippen molar-refractivity contribution < 1.29 is 23.7 Å². The Morgan fingerprint density at radius 2 is 0.768 bits per heavy atom. The van der Waals surface area contributed by atoms with Crippen molar-refractivity contribution in [1.29, 1.82) is 0 Å². The summed E-state index contributed by atoms with van der Waals surface area (Å²) in [5.74, 6) is 5.89. The smallest absolute Gasteiger partial charge is 0.122 e. The van der Waals surface area contributed by atoms with Gasteiger partial charge < -0.3 is 38.1 Å². The minimum Gasteiger partial charge on any atom is -0.378 e. The van der Waals surface area contributed by atoms with Gasteiger partial charge in [0.2, 0.25) is 0 Å². The number of piperazine rings is 3. The molecular formula is C77H147N13O5. The maximum absolute atomic E-state index is 5.70. The number of rotatable bonds is 8. The highest BCUT2D eigenvalue weighted by molar-refractivity contribution is 4.97. The Morgan fingerprint density at radius 1 is 0.326 bits per heavy atom. The molecule has 14 fully saturated rings. The van der Waals surface area contributed by atoms with E-state index in [-0.39, 0.29) is 0 Å². The third-order valence-corrected chi connectivity index (χ3v) is 25.0. The SMILES string of the molecule is CC(C)N1CC2CCCC2C1.CC(C)N1CC2CCOC2C1.CC(C)N1CCC2CCOC2C1.CC(C)N1CCC2OCCC2C1.CC(C)N1CCN2CCCC2C1.CC(C)N1CCN2CCOCC2C1.CC(C)N1CCN2COCC2C1.CC(C)N1CCn2ccnc2C1. The number of piperidine rings is 2. The van der Waals surface area contributed by atoms with E-state index >= 15 is 0 Å². The molecule has 16 rings (SSSR count). The normalized spacial score (nSPS) is 33.3. The first kappa shape index (κ1) is 77.7. The van der Waals surface area contributed by atoms with Crippen LogP contribution in [-0.2, 0) is 36.8 Å². The summed E-state index contributed by atoms with van der Waals surface area (Å²) < 4.78 is 30.1. The lowest BCUT2D eigenvalue weighted by Crippen LogP contribution is -2.59. The fourth-order valence-corrected chi connectivity index (χ4v) is 17.9. The van der Waals surface area contributed by atoms with Crippen molar-refractivity contribution in [2.75, 3.05) is 177 Å². The van der Waals surface area contributed by atoms with Crippen molar-refractivity contribution in [3.05, 3.63) is 18.2 Å². The molecule has 15 heterocycles. The zero-order valence-corrected chi connectivity index (χ0v) is 64.1. The monoisotopic (exact) mass is 1330 g/mol. The molecule has 18 heteroatoms. The number of ether oxygens (including phenoxy) is 5. The molecule has 0 N–H and O–H groups in total. The van der Waals surface area contributed by atoms with Crippen molar-refractivity contribution in [1.82, 2.24) is 63.5 Å². The Morgan fingerprint density at radius 3 is 1.37 bits per heavy atom. The van der Waals surface area contributed by atoms with Crippen LogP contribution in [0.15, 0.2) is 12.4 Å². The predicted octanol–water partition coefficient (Wildman–Crippen LogP) is 9.32. The molecule has 13 saturated heterocycles. The van der Waals surface area contributed by atoms with E-state index in [1.807, 2.05) is 6.20 Å². The van der Waals surface area contributed by atoms with Gasteiger partial charge in [-0.2, -0.15) is 0 Å². The fourth-order valence-electron chi connectivity index (χ4n) is 17.9. The van der Waals surface area contributed by atoms with Crippen molar-refractivity contribution in [2.24, 2.45) is 29.6 Å². The van der Waals surface area contributed by atoms with Gasteiger partial charge in [0.1, 0.15) is 5.82 Å². The van der Waals surface area contributed by atoms with Crippen LogP contribution in [0.1, 0.15) is 181 Å². The maximum atomic E-state index is 5.70. The summed E-state index contributed by atoms with van der Waals surface area (Å²) in [5.41, 5.74) is 0. The Bertz CT molecular complexity index is 2070. The van der Waals surface area contributed by atoms with Gasteiger partial charge in [-0.05, 0) is 199 Å². The first-order valence-electron chi connectivity index (χ1n) is 39.8. The van der Waals surface area contributed by atoms with Crippen LogP contribution in [0.2, 0.25) is 0 Å². The Labute approximate surface area is 582 Å². The summed E-state index contributed by atoms with van der Waals surface area (Å²) in [6, 6.07) is 7.85. The molecule has 95 heavy (non-hydrogen) atoms. The molecule has 0 aromatic carbocycles. The number of aromatic nitrogens is 2. The predicted molar refractivity (Wildman–Crippen MR) is 390 cm³/mol. The van der Waals surface area contributed by atoms with Gasteiger partial charge in [-0.15, -0.1) is 0 Å². The van der Waals surface area contributed by atoms with E-state index < -0.39 is 0 Å². The standard InChI is InChI=1S/C10H20N2O.C10H20N2.2C10H19NO.C10H19N.C9H15N3.C9H18N2O.C9H17NO/c1-9(2)12-4-3-11-5-6-13-8-10(11)7-12;1-9(2)12-7-6-11-5-3-4-10(11)8-12;1-8(2)11-5-3-10-9(7-11)4-6-12-10;1-8(2)11-5-3-9-4-6-12-10(9)7-11;1-8(2)11-6-9-4-3-5-10(9)7-11;1-8(2)12-6-5-11-4-3-10-9(11)7-12;1-8(2)10-3-4-11-7-12-6-9(11)5-10;1-7(2)10-5-8-3-4-11-9(8)6-10/h9-10H,3-8H2,1-2H3;9-10H,3-8H2,1-2H3;2*8-10H,3-7H2,1-2H3;8-10H,3-7H2,1-2H3;3-4,8H,5-7H2,1-2H3;8-9H,3-7H2,1-2H3;7-9H,3-6H2,1-2H3. The molecule has 15 aliphatic rings. The Balaban J connectivity index is 0.000000128. The van der Waals surface area contributed by atoms with Gasteiger partial charge in [0.25, 0.3) is 0 Å². The zero-order valence-electron chi connectivity index (χ0n) is 64.1. The first-order chi connectivity index (χ1) is 45.7. The molecule has 1 aliphatic carbocycles. The number of hydrogen-bond donors (Lipinski definition) is 0. The number of imidazole rings is 1. The fraction of sp³-hybridized carbons (Fsp3) is 0.961. The molecule has 11 unspecified atom stereocenters. The van der Waals surface area contributed by atoms with Gasteiger partial charge >= 0.3 is 0 Å². The van der Waals surface area contributed by atoms with Gasteiger partial charge in [-0.1, -0.05) is 6.42 Å². The minimum atomic E-state index is 0.557. The van der Waals surface area contributed by atoms with Gasteiger partial charge in [0.15, 0.2) is 0 Å². The molecule has 0 amide bonds. The van der Waals surface area contributed by atoms with Crippen LogP contribution >= 0.6 is 0 Å². The number of hydrogen-bond acceptors (Lipinski definition) is 17. The van der Waals surface area contributed by atoms with E-state index in [9.17, 15) is 0 Å². The van der Waals surface area contributed by atoms with E-state index in [2.05, 4.69) is 180 Å². The summed E-state index contributed by atoms with van der Waals surface area (Å²) in [4.78, 5) is 32.4. The van der Waals surface area contributed by atoms with E-state index in [1.165, 1.54) is 188 Å². The first-order valence-corrected chi connectivity index (χ1v) is 39.8. The molecule has 18 nitrogen and oxygen atoms in total. The third-order valence-electron chi connectivity index (χ3n) is 25.0. The second-order valence-corrected chi connectivity index (χ2v) is 33.6. The quantitative estimate of drug-likeness (QED) is 0.247. The average Bonchev–Trinajstić information content (AvgIpc) is 2.16. The molecule has 1 saturated carbocycles. The third kappa shape index (κ3) is 23.0. The van der Waals surface area contributed by atoms with Gasteiger partial charge in [-0.3, -0.25) is 44.1 Å². The highest BCUT2D eigenvalue weighted by Gasteiger charge is 2.41. The van der Waals surface area contributed by atoms with Crippen molar-refractivity contribution >= 4 is 0 Å². The van der Waals surface area contributed by atoms with Crippen LogP contribution in [-0.4, -0.2) is 325 Å². The maximum Gasteiger partial charge on any atom is 0.122 e. The lowest BCUT2D eigenvalue weighted by molar-refractivity contribution is -0.0501. The van der Waals surface area contributed by atoms with Crippen molar-refractivity contribution in [3.63, 3.8) is 0 Å². The lowest BCUT2D eigenvalue weighted by atomic mass is 9.93. The number of likely N-dealkylation sites (tertiary alicyclic amines) is 4. The van der Waals surface area contributed by atoms with Crippen LogP contribution in [0, 0.1) is 29.6 Å². The highest BCUT2D eigenvalue weighted by Crippen LogP contribution is 2.39. The molecule has 0 bridgehead atoms. The number of nitrogens with zero attached hydrogens (tertiary/aromatic N) is 13. The molecule has 1 aromatic heterocycles. The van der Waals surface area contributed by atoms with Gasteiger partial charge in [-0.25, -0.2) is 4.98 Å². The van der Waals surface area contributed by atoms with Crippen LogP contribution in [0.5, 0.6) is 0 Å². The largest absolute Gasteiger partial charge is 0.378 e. The van der Waals surface area contributed by atoms with Crippen molar-refractivity contribution in [3.8, 4) is 0 Å². The summed E-state index contributed by atoms with van der Waals surface area (Å²) in [5, 5.41) is 0. The summed E-state index contributed by atoms with van der Waals surface area (Å²) in [6.07, 6.45) is 19.5. The zero-order chi connectivity index (χ0) is 67.7. The molecule has 11 atom stereocenters. The molecule has 0 spiro atoms. The topological polar surface area (TPSA) is 99.6 Å². The summed E-state index contributed by atoms with van der Waals surface area (Å²) in [6.45, 7) is 70.2. The summed E-state index contributed by atoms with van der Waals surface area (Å²) in [7, 11) is 0. The Kier molecular flexibility index (Phi) is 31.7. The molecule has 1 aromatic rings. The average molecular weight is 1340 g/mol. The minimum absolute atomic E-state index is 0.557. The summed E-state index contributed by atoms with van der Waals surface area (Å²) >= 11 is 0. The second-order valence-electron chi connectivity index (χ2n) is 33.6. The Hall–Kier alpha value is -1.43. The molecule has 0 radical (unpaired) electrons. The second kappa shape index (κ2) is 38.7. The van der Waals surface area contributed by atoms with E-state index in [4.69, 9.17) is 23.7 Å². The van der Waals surface area contributed by atoms with Crippen LogP contribution < -0.4 is 0 Å². The number of morpholine rings is 1. The van der Waals surface area contributed by atoms with Crippen molar-refractivity contribution in [2.45, 2.75) is 273 Å². The van der Waals surface area contributed by atoms with Crippen LogP contribution in [0.4, 0.5) is 0 Å². The highest BCUT2D eigenvalue weighted by atomic mass is 16.5.